The zero-order chi connectivity index (χ0) is 24.0. The van der Waals surface area contributed by atoms with Gasteiger partial charge in [-0.15, -0.1) is 0 Å². The van der Waals surface area contributed by atoms with Crippen LogP contribution in [0.1, 0.15) is 69.5 Å². The largest absolute Gasteiger partial charge is 0.493 e. The number of nitrogens with zero attached hydrogens (tertiary/aromatic N) is 1. The maximum absolute atomic E-state index is 12.3. The minimum Gasteiger partial charge on any atom is -0.493 e. The van der Waals surface area contributed by atoms with Crippen molar-refractivity contribution in [1.82, 2.24) is 4.90 Å². The van der Waals surface area contributed by atoms with Crippen molar-refractivity contribution in [3.63, 3.8) is 0 Å². The van der Waals surface area contributed by atoms with Crippen LogP contribution in [0, 0.1) is 17.8 Å². The Morgan fingerprint density at radius 1 is 1.09 bits per heavy atom. The Balaban J connectivity index is 1.69. The number of fused-ring (bicyclic) bond motifs is 3. The number of ether oxygens (including phenoxy) is 3. The van der Waals surface area contributed by atoms with Gasteiger partial charge in [-0.2, -0.15) is 0 Å². The van der Waals surface area contributed by atoms with Gasteiger partial charge in [-0.05, 0) is 73.1 Å². The number of hydrogen-bond donors (Lipinski definition) is 1. The first-order valence-electron chi connectivity index (χ1n) is 12.2. The van der Waals surface area contributed by atoms with Gasteiger partial charge in [0, 0.05) is 32.0 Å². The molecular weight excluding hydrogens is 422 g/mol. The summed E-state index contributed by atoms with van der Waals surface area (Å²) < 4.78 is 16.8. The normalized spacial score (nSPS) is 22.4. The topological polar surface area (TPSA) is 85.3 Å². The molecule has 0 aromatic heterocycles. The first-order valence-corrected chi connectivity index (χ1v) is 12.2. The zero-order valence-electron chi connectivity index (χ0n) is 20.5. The molecular formula is C26H39NO6. The Morgan fingerprint density at radius 2 is 1.79 bits per heavy atom. The highest BCUT2D eigenvalue weighted by Gasteiger charge is 2.40. The average molecular weight is 462 g/mol. The molecule has 1 aromatic rings. The van der Waals surface area contributed by atoms with Crippen molar-refractivity contribution in [1.29, 1.82) is 0 Å². The number of methoxy groups -OCH3 is 2. The second kappa shape index (κ2) is 11.7. The second-order valence-corrected chi connectivity index (χ2v) is 9.84. The molecule has 3 rings (SSSR count). The van der Waals surface area contributed by atoms with E-state index in [0.29, 0.717) is 37.2 Å². The quantitative estimate of drug-likeness (QED) is 0.384. The summed E-state index contributed by atoms with van der Waals surface area (Å²) in [7, 11) is 3.34. The monoisotopic (exact) mass is 461 g/mol. The van der Waals surface area contributed by atoms with E-state index >= 15 is 0 Å². The molecule has 0 radical (unpaired) electrons. The number of rotatable bonds is 11. The number of piperidine rings is 1. The Bertz CT molecular complexity index is 823. The molecule has 3 atom stereocenters. The third kappa shape index (κ3) is 6.62. The van der Waals surface area contributed by atoms with Crippen LogP contribution >= 0.6 is 0 Å². The molecule has 1 aromatic carbocycles. The highest BCUT2D eigenvalue weighted by Crippen LogP contribution is 2.45. The minimum atomic E-state index is -0.825. The van der Waals surface area contributed by atoms with Crippen LogP contribution in [0.25, 0.3) is 0 Å². The fourth-order valence-corrected chi connectivity index (χ4v) is 5.40. The summed E-state index contributed by atoms with van der Waals surface area (Å²) in [6.45, 7) is 6.97. The molecule has 1 N–H and O–H groups in total. The van der Waals surface area contributed by atoms with Crippen molar-refractivity contribution in [2.45, 2.75) is 64.8 Å². The maximum atomic E-state index is 12.3. The Morgan fingerprint density at radius 3 is 2.45 bits per heavy atom. The van der Waals surface area contributed by atoms with Gasteiger partial charge < -0.3 is 19.3 Å². The smallest absolute Gasteiger partial charge is 0.305 e. The number of aliphatic carboxylic acids is 1. The van der Waals surface area contributed by atoms with Gasteiger partial charge in [0.25, 0.3) is 0 Å². The number of esters is 1. The number of unbranched alkanes of at least 4 members (excludes halogenated alkanes) is 1. The van der Waals surface area contributed by atoms with E-state index in [-0.39, 0.29) is 24.9 Å². The van der Waals surface area contributed by atoms with Crippen LogP contribution in [-0.4, -0.2) is 55.9 Å². The van der Waals surface area contributed by atoms with Gasteiger partial charge in [0.1, 0.15) is 0 Å². The number of carboxylic acids is 1. The van der Waals surface area contributed by atoms with E-state index in [4.69, 9.17) is 19.3 Å². The maximum Gasteiger partial charge on any atom is 0.305 e. The van der Waals surface area contributed by atoms with Crippen molar-refractivity contribution < 1.29 is 28.9 Å². The summed E-state index contributed by atoms with van der Waals surface area (Å²) >= 11 is 0. The highest BCUT2D eigenvalue weighted by molar-refractivity contribution is 5.69. The lowest BCUT2D eigenvalue weighted by Gasteiger charge is -2.47. The van der Waals surface area contributed by atoms with Crippen LogP contribution < -0.4 is 9.47 Å². The molecule has 2 heterocycles. The second-order valence-electron chi connectivity index (χ2n) is 9.84. The molecule has 3 unspecified atom stereocenters. The molecule has 7 nitrogen and oxygen atoms in total. The van der Waals surface area contributed by atoms with E-state index in [1.165, 1.54) is 11.1 Å². The van der Waals surface area contributed by atoms with E-state index in [1.807, 2.05) is 0 Å². The number of carbonyl (C=O) groups excluding carboxylic acids is 1. The van der Waals surface area contributed by atoms with Gasteiger partial charge in [-0.3, -0.25) is 14.5 Å². The van der Waals surface area contributed by atoms with Crippen molar-refractivity contribution in [3.05, 3.63) is 23.3 Å². The number of carboxylic acid groups (broad SMARTS) is 1. The average Bonchev–Trinajstić information content (AvgIpc) is 2.78. The predicted molar refractivity (Wildman–Crippen MR) is 126 cm³/mol. The van der Waals surface area contributed by atoms with Crippen LogP contribution in [0.4, 0.5) is 0 Å². The van der Waals surface area contributed by atoms with E-state index < -0.39 is 5.97 Å². The van der Waals surface area contributed by atoms with E-state index in [1.54, 1.807) is 14.2 Å². The van der Waals surface area contributed by atoms with Crippen LogP contribution in [0.15, 0.2) is 12.1 Å². The minimum absolute atomic E-state index is 0.0948. The zero-order valence-corrected chi connectivity index (χ0v) is 20.5. The Labute approximate surface area is 197 Å². The standard InChI is InChI=1S/C26H39NO6/c1-17(2)11-19-15-27-10-9-18-13-23(31-3)24(32-4)14-21(18)22(27)12-20(19)16-33-26(30)8-6-5-7-25(28)29/h13-14,17,19-20,22H,5-12,15-16H2,1-4H3,(H,28,29). The van der Waals surface area contributed by atoms with Gasteiger partial charge in [0.15, 0.2) is 11.5 Å². The SMILES string of the molecule is COc1cc2c(cc1OC)C1CC(COC(=O)CCCCC(=O)O)C(CC(C)C)CN1CC2. The molecule has 1 saturated heterocycles. The van der Waals surface area contributed by atoms with Crippen molar-refractivity contribution in [2.75, 3.05) is 33.9 Å². The van der Waals surface area contributed by atoms with E-state index in [0.717, 1.165) is 43.9 Å². The van der Waals surface area contributed by atoms with Crippen molar-refractivity contribution in [2.24, 2.45) is 17.8 Å². The predicted octanol–water partition coefficient (Wildman–Crippen LogP) is 4.47. The molecule has 1 fully saturated rings. The molecule has 2 aliphatic heterocycles. The Kier molecular flexibility index (Phi) is 9.01. The third-order valence-electron chi connectivity index (χ3n) is 7.03. The van der Waals surface area contributed by atoms with Gasteiger partial charge in [0.05, 0.1) is 20.8 Å². The van der Waals surface area contributed by atoms with Crippen LogP contribution in [-0.2, 0) is 20.7 Å². The van der Waals surface area contributed by atoms with Crippen LogP contribution in [0.2, 0.25) is 0 Å². The lowest BCUT2D eigenvalue weighted by atomic mass is 9.74. The summed E-state index contributed by atoms with van der Waals surface area (Å²) in [6, 6.07) is 4.52. The summed E-state index contributed by atoms with van der Waals surface area (Å²) in [5, 5.41) is 8.75. The Hall–Kier alpha value is -2.28. The molecule has 0 amide bonds. The van der Waals surface area contributed by atoms with Gasteiger partial charge in [0.2, 0.25) is 0 Å². The number of hydrogen-bond acceptors (Lipinski definition) is 6. The van der Waals surface area contributed by atoms with E-state index in [2.05, 4.69) is 30.9 Å². The van der Waals surface area contributed by atoms with Crippen LogP contribution in [0.5, 0.6) is 11.5 Å². The highest BCUT2D eigenvalue weighted by atomic mass is 16.5. The van der Waals surface area contributed by atoms with Gasteiger partial charge >= 0.3 is 11.9 Å². The van der Waals surface area contributed by atoms with Gasteiger partial charge in [-0.1, -0.05) is 13.8 Å². The van der Waals surface area contributed by atoms with Crippen molar-refractivity contribution >= 4 is 11.9 Å². The molecule has 0 bridgehead atoms. The molecule has 0 spiro atoms. The summed E-state index contributed by atoms with van der Waals surface area (Å²) in [6.07, 6.45) is 4.49. The third-order valence-corrected chi connectivity index (χ3v) is 7.03. The molecule has 184 valence electrons. The fourth-order valence-electron chi connectivity index (χ4n) is 5.40. The molecule has 2 aliphatic rings. The molecule has 0 aliphatic carbocycles. The number of carbonyl (C=O) groups is 2. The first kappa shape index (κ1) is 25.3. The van der Waals surface area contributed by atoms with Crippen LogP contribution in [0.3, 0.4) is 0 Å². The summed E-state index contributed by atoms with van der Waals surface area (Å²) in [5.74, 6) is 1.86. The molecule has 7 heteroatoms. The molecule has 33 heavy (non-hydrogen) atoms. The van der Waals surface area contributed by atoms with E-state index in [9.17, 15) is 9.59 Å². The first-order chi connectivity index (χ1) is 15.8. The lowest BCUT2D eigenvalue weighted by molar-refractivity contribution is -0.147. The van der Waals surface area contributed by atoms with Crippen molar-refractivity contribution in [3.8, 4) is 11.5 Å². The summed E-state index contributed by atoms with van der Waals surface area (Å²) in [5.41, 5.74) is 2.61. The lowest BCUT2D eigenvalue weighted by Crippen LogP contribution is -2.47. The molecule has 0 saturated carbocycles. The van der Waals surface area contributed by atoms with Gasteiger partial charge in [-0.25, -0.2) is 0 Å². The number of benzene rings is 1. The summed E-state index contributed by atoms with van der Waals surface area (Å²) in [4.78, 5) is 25.5. The fraction of sp³-hybridized carbons (Fsp3) is 0.692.